The maximum Gasteiger partial charge on any atom is 0.325 e. The van der Waals surface area contributed by atoms with Crippen LogP contribution in [0.2, 0.25) is 0 Å². The number of carbonyl (C=O) groups is 1. The van der Waals surface area contributed by atoms with Crippen LogP contribution in [0.4, 0.5) is 16.3 Å². The number of urea groups is 1. The number of benzene rings is 2. The van der Waals surface area contributed by atoms with Crippen molar-refractivity contribution in [1.82, 2.24) is 10.2 Å². The second-order valence-electron chi connectivity index (χ2n) is 4.10. The third-order valence-corrected chi connectivity index (χ3v) is 2.90. The number of para-hydroxylation sites is 2. The Morgan fingerprint density at radius 1 is 1.05 bits per heavy atom. The number of rotatable bonds is 2. The van der Waals surface area contributed by atoms with Crippen molar-refractivity contribution >= 4 is 28.4 Å². The van der Waals surface area contributed by atoms with Gasteiger partial charge in [-0.05, 0) is 24.3 Å². The number of anilines is 2. The van der Waals surface area contributed by atoms with E-state index in [9.17, 15) is 4.79 Å². The molecule has 2 amide bonds. The first-order valence-corrected chi connectivity index (χ1v) is 5.85. The lowest BCUT2D eigenvalue weighted by Crippen LogP contribution is -2.31. The number of nitrogens with zero attached hydrogens (tertiary/aromatic N) is 2. The predicted molar refractivity (Wildman–Crippen MR) is 74.3 cm³/mol. The van der Waals surface area contributed by atoms with E-state index in [1.807, 2.05) is 54.6 Å². The van der Waals surface area contributed by atoms with E-state index in [-0.39, 0.29) is 0 Å². The Morgan fingerprint density at radius 3 is 2.47 bits per heavy atom. The molecule has 3 aromatic rings. The number of hydrogen-bond donors (Lipinski definition) is 2. The Bertz CT molecular complexity index is 720. The maximum absolute atomic E-state index is 11.7. The molecule has 5 heteroatoms. The van der Waals surface area contributed by atoms with Crippen molar-refractivity contribution in [2.75, 3.05) is 4.90 Å². The quantitative estimate of drug-likeness (QED) is 0.735. The van der Waals surface area contributed by atoms with E-state index < -0.39 is 6.03 Å². The minimum atomic E-state index is -0.566. The Balaban J connectivity index is 2.18. The first-order chi connectivity index (χ1) is 9.27. The van der Waals surface area contributed by atoms with Gasteiger partial charge < -0.3 is 5.73 Å². The van der Waals surface area contributed by atoms with Gasteiger partial charge in [-0.3, -0.25) is 5.10 Å². The fourth-order valence-electron chi connectivity index (χ4n) is 2.05. The Kier molecular flexibility index (Phi) is 2.64. The van der Waals surface area contributed by atoms with Crippen molar-refractivity contribution in [2.45, 2.75) is 0 Å². The average Bonchev–Trinajstić information content (AvgIpc) is 2.84. The minimum Gasteiger partial charge on any atom is -0.351 e. The zero-order chi connectivity index (χ0) is 13.2. The maximum atomic E-state index is 11.7. The molecule has 0 atom stereocenters. The predicted octanol–water partition coefficient (Wildman–Crippen LogP) is 2.78. The van der Waals surface area contributed by atoms with Gasteiger partial charge in [0.05, 0.1) is 11.2 Å². The first kappa shape index (κ1) is 11.3. The van der Waals surface area contributed by atoms with Crippen molar-refractivity contribution in [1.29, 1.82) is 0 Å². The summed E-state index contributed by atoms with van der Waals surface area (Å²) in [6.07, 6.45) is 0. The van der Waals surface area contributed by atoms with Crippen molar-refractivity contribution in [2.24, 2.45) is 5.73 Å². The van der Waals surface area contributed by atoms with Gasteiger partial charge in [0.2, 0.25) is 0 Å². The number of nitrogens with two attached hydrogens (primary N) is 1. The van der Waals surface area contributed by atoms with Gasteiger partial charge in [-0.25, -0.2) is 9.69 Å². The van der Waals surface area contributed by atoms with Crippen molar-refractivity contribution in [3.63, 3.8) is 0 Å². The van der Waals surface area contributed by atoms with Crippen molar-refractivity contribution in [3.8, 4) is 0 Å². The molecule has 0 aliphatic heterocycles. The van der Waals surface area contributed by atoms with E-state index in [2.05, 4.69) is 10.2 Å². The third-order valence-electron chi connectivity index (χ3n) is 2.90. The summed E-state index contributed by atoms with van der Waals surface area (Å²) in [5.41, 5.74) is 7.03. The molecule has 3 rings (SSSR count). The number of amides is 2. The van der Waals surface area contributed by atoms with E-state index >= 15 is 0 Å². The standard InChI is InChI=1S/C14H12N4O/c15-14(19)18(10-6-2-1-3-7-10)13-11-8-4-5-9-12(11)16-17-13/h1-9H,(H2,15,19)(H,16,17). The summed E-state index contributed by atoms with van der Waals surface area (Å²) in [5, 5.41) is 7.94. The van der Waals surface area contributed by atoms with Crippen LogP contribution in [-0.4, -0.2) is 16.2 Å². The van der Waals surface area contributed by atoms with Gasteiger partial charge in [-0.15, -0.1) is 0 Å². The largest absolute Gasteiger partial charge is 0.351 e. The van der Waals surface area contributed by atoms with Crippen LogP contribution in [0.15, 0.2) is 54.6 Å². The van der Waals surface area contributed by atoms with E-state index in [1.54, 1.807) is 0 Å². The van der Waals surface area contributed by atoms with Crippen LogP contribution in [0.5, 0.6) is 0 Å². The lowest BCUT2D eigenvalue weighted by Gasteiger charge is -2.18. The highest BCUT2D eigenvalue weighted by molar-refractivity contribution is 6.05. The topological polar surface area (TPSA) is 75.0 Å². The summed E-state index contributed by atoms with van der Waals surface area (Å²) in [6, 6.07) is 16.2. The molecule has 5 nitrogen and oxygen atoms in total. The molecule has 0 fully saturated rings. The van der Waals surface area contributed by atoms with Crippen molar-refractivity contribution in [3.05, 3.63) is 54.6 Å². The molecule has 1 heterocycles. The van der Waals surface area contributed by atoms with E-state index in [0.29, 0.717) is 11.5 Å². The van der Waals surface area contributed by atoms with Gasteiger partial charge in [-0.2, -0.15) is 5.10 Å². The summed E-state index contributed by atoms with van der Waals surface area (Å²) in [5.74, 6) is 0.509. The molecular weight excluding hydrogens is 240 g/mol. The van der Waals surface area contributed by atoms with Crippen LogP contribution in [0.3, 0.4) is 0 Å². The summed E-state index contributed by atoms with van der Waals surface area (Å²) in [7, 11) is 0. The Labute approximate surface area is 109 Å². The number of H-pyrrole nitrogens is 1. The molecule has 0 saturated carbocycles. The molecule has 1 aromatic heterocycles. The minimum absolute atomic E-state index is 0.509. The number of aromatic nitrogens is 2. The normalized spacial score (nSPS) is 10.5. The van der Waals surface area contributed by atoms with Crippen LogP contribution in [0, 0.1) is 0 Å². The Hall–Kier alpha value is -2.82. The number of aromatic amines is 1. The second kappa shape index (κ2) is 4.45. The van der Waals surface area contributed by atoms with Gasteiger partial charge in [0.1, 0.15) is 0 Å². The summed E-state index contributed by atoms with van der Waals surface area (Å²) >= 11 is 0. The van der Waals surface area contributed by atoms with Crippen LogP contribution < -0.4 is 10.6 Å². The van der Waals surface area contributed by atoms with Gasteiger partial charge in [0.25, 0.3) is 0 Å². The van der Waals surface area contributed by atoms with Gasteiger partial charge in [0, 0.05) is 5.39 Å². The molecule has 0 bridgehead atoms. The van der Waals surface area contributed by atoms with Crippen LogP contribution >= 0.6 is 0 Å². The fraction of sp³-hybridized carbons (Fsp3) is 0. The highest BCUT2D eigenvalue weighted by atomic mass is 16.2. The molecule has 19 heavy (non-hydrogen) atoms. The molecule has 2 aromatic carbocycles. The first-order valence-electron chi connectivity index (χ1n) is 5.85. The zero-order valence-electron chi connectivity index (χ0n) is 10.1. The van der Waals surface area contributed by atoms with Crippen LogP contribution in [0.1, 0.15) is 0 Å². The lowest BCUT2D eigenvalue weighted by atomic mass is 10.2. The van der Waals surface area contributed by atoms with Crippen LogP contribution in [0.25, 0.3) is 10.9 Å². The fourth-order valence-corrected chi connectivity index (χ4v) is 2.05. The molecular formula is C14H12N4O. The van der Waals surface area contributed by atoms with Crippen LogP contribution in [-0.2, 0) is 0 Å². The number of fused-ring (bicyclic) bond motifs is 1. The molecule has 0 radical (unpaired) electrons. The molecule has 0 unspecified atom stereocenters. The molecule has 0 aliphatic carbocycles. The number of primary amides is 1. The monoisotopic (exact) mass is 252 g/mol. The smallest absolute Gasteiger partial charge is 0.325 e. The second-order valence-corrected chi connectivity index (χ2v) is 4.10. The molecule has 3 N–H and O–H groups in total. The summed E-state index contributed by atoms with van der Waals surface area (Å²) < 4.78 is 0. The average molecular weight is 252 g/mol. The number of nitrogens with one attached hydrogen (secondary N) is 1. The molecule has 94 valence electrons. The Morgan fingerprint density at radius 2 is 1.74 bits per heavy atom. The molecule has 0 spiro atoms. The molecule has 0 saturated heterocycles. The zero-order valence-corrected chi connectivity index (χ0v) is 10.1. The summed E-state index contributed by atoms with van der Waals surface area (Å²) in [6.45, 7) is 0. The van der Waals surface area contributed by atoms with E-state index in [4.69, 9.17) is 5.73 Å². The number of hydrogen-bond acceptors (Lipinski definition) is 2. The van der Waals surface area contributed by atoms with E-state index in [0.717, 1.165) is 10.9 Å². The van der Waals surface area contributed by atoms with Gasteiger partial charge in [-0.1, -0.05) is 30.3 Å². The third kappa shape index (κ3) is 1.91. The highest BCUT2D eigenvalue weighted by Gasteiger charge is 2.19. The van der Waals surface area contributed by atoms with Gasteiger partial charge in [0.15, 0.2) is 5.82 Å². The van der Waals surface area contributed by atoms with Crippen molar-refractivity contribution < 1.29 is 4.79 Å². The number of carbonyl (C=O) groups excluding carboxylic acids is 1. The lowest BCUT2D eigenvalue weighted by molar-refractivity contribution is 0.256. The summed E-state index contributed by atoms with van der Waals surface area (Å²) in [4.78, 5) is 13.1. The highest BCUT2D eigenvalue weighted by Crippen LogP contribution is 2.29. The molecule has 0 aliphatic rings. The van der Waals surface area contributed by atoms with E-state index in [1.165, 1.54) is 4.90 Å². The SMILES string of the molecule is NC(=O)N(c1ccccc1)c1n[nH]c2ccccc12. The van der Waals surface area contributed by atoms with Gasteiger partial charge >= 0.3 is 6.03 Å².